The molecule has 3 atom stereocenters. The van der Waals surface area contributed by atoms with Crippen LogP contribution in [-0.4, -0.2) is 144 Å². The maximum atomic E-state index is 14.0. The molecule has 4 aliphatic heterocycles. The largest absolute Gasteiger partial charge is 0.497 e. The zero-order valence-corrected chi connectivity index (χ0v) is 67.2. The maximum absolute atomic E-state index is 14.0. The number of nitrogens with zero attached hydrogens (tertiary/aromatic N) is 4. The molecule has 100 heavy (non-hydrogen) atoms. The number of hydrogen-bond donors (Lipinski definition) is 0. The molecule has 0 aliphatic carbocycles. The number of carbonyl (C=O) groups excluding carboxylic acids is 3. The van der Waals surface area contributed by atoms with Gasteiger partial charge in [-0.3, -0.25) is 19.3 Å². The quantitative estimate of drug-likeness (QED) is 0.0223. The number of unbranched alkanes of at least 4 members (excludes halogenated alkanes) is 3. The number of amides is 2. The molecule has 16 heteroatoms. The Morgan fingerprint density at radius 2 is 1.12 bits per heavy atom. The van der Waals surface area contributed by atoms with Crippen LogP contribution >= 0.6 is 0 Å². The summed E-state index contributed by atoms with van der Waals surface area (Å²) in [6.07, 6.45) is 13.2. The van der Waals surface area contributed by atoms with Gasteiger partial charge in [0.1, 0.15) is 28.6 Å². The topological polar surface area (TPSA) is 120 Å². The molecule has 0 aromatic heterocycles. The Morgan fingerprint density at radius 3 is 1.61 bits per heavy atom. The van der Waals surface area contributed by atoms with Crippen molar-refractivity contribution in [3.63, 3.8) is 0 Å². The molecule has 0 bridgehead atoms. The van der Waals surface area contributed by atoms with E-state index in [0.29, 0.717) is 69.0 Å². The van der Waals surface area contributed by atoms with Crippen molar-refractivity contribution in [2.75, 3.05) is 78.8 Å². The van der Waals surface area contributed by atoms with E-state index >= 15 is 0 Å². The smallest absolute Gasteiger partial charge is 0.254 e. The predicted molar refractivity (Wildman–Crippen MR) is 406 cm³/mol. The van der Waals surface area contributed by atoms with Gasteiger partial charge in [0.15, 0.2) is 0 Å². The Labute approximate surface area is 631 Å². The summed E-state index contributed by atoms with van der Waals surface area (Å²) in [6, 6.07) is 51.6. The van der Waals surface area contributed by atoms with E-state index in [1.54, 1.807) is 21.3 Å². The van der Waals surface area contributed by atoms with Gasteiger partial charge in [-0.2, -0.15) is 0 Å². The van der Waals surface area contributed by atoms with Gasteiger partial charge in [0.2, 0.25) is 5.91 Å². The molecule has 1 unspecified atom stereocenters. The number of ether oxygens (including phenoxy) is 6. The van der Waals surface area contributed by atoms with E-state index in [9.17, 15) is 14.4 Å². The molecule has 6 aromatic rings. The van der Waals surface area contributed by atoms with Crippen LogP contribution < -0.4 is 19.1 Å². The number of Topliss-reactive ketones (excluding diaryl/α,β-unsaturated/α-hetero) is 1. The summed E-state index contributed by atoms with van der Waals surface area (Å²) < 4.78 is 35.5. The summed E-state index contributed by atoms with van der Waals surface area (Å²) in [7, 11) is 4.17. The Bertz CT molecular complexity index is 3250. The Balaban J connectivity index is 0.00000106. The summed E-state index contributed by atoms with van der Waals surface area (Å²) in [5, 5.41) is 0.576. The van der Waals surface area contributed by atoms with Crippen molar-refractivity contribution in [1.29, 1.82) is 0 Å². The van der Waals surface area contributed by atoms with E-state index in [1.807, 2.05) is 104 Å². The Kier molecular flexibility index (Phi) is 36.3. The Hall–Kier alpha value is -5.49. The van der Waals surface area contributed by atoms with E-state index in [0.717, 1.165) is 140 Å². The van der Waals surface area contributed by atoms with E-state index in [-0.39, 0.29) is 91.0 Å². The molecule has 0 N–H and O–H groups in total. The van der Waals surface area contributed by atoms with Crippen LogP contribution in [0.5, 0.6) is 17.2 Å². The summed E-state index contributed by atoms with van der Waals surface area (Å²) >= 11 is 0. The minimum atomic E-state index is -0.990. The van der Waals surface area contributed by atoms with Crippen molar-refractivity contribution in [2.24, 2.45) is 0 Å². The molecule has 10 rings (SSSR count). The van der Waals surface area contributed by atoms with Crippen molar-refractivity contribution >= 4 is 37.0 Å². The molecule has 6 aromatic carbocycles. The summed E-state index contributed by atoms with van der Waals surface area (Å²) in [6.45, 7) is 28.7. The molecule has 0 spiro atoms. The zero-order valence-electron chi connectivity index (χ0n) is 63.1. The normalized spacial score (nSPS) is 17.6. The maximum Gasteiger partial charge on any atom is 0.254 e. The number of hydrogen-bond acceptors (Lipinski definition) is 11. The van der Waals surface area contributed by atoms with Crippen LogP contribution in [-0.2, 0) is 70.2 Å². The summed E-state index contributed by atoms with van der Waals surface area (Å²) in [4.78, 5) is 49.8. The number of aryl methyl sites for hydroxylation is 2. The molecule has 4 heterocycles. The van der Waals surface area contributed by atoms with Gasteiger partial charge in [0.05, 0.1) is 45.7 Å². The molecular formula is C84H120N4O9Pd2Si-2. The molecule has 0 radical (unpaired) electrons. The second-order valence-corrected chi connectivity index (χ2v) is 35.3. The number of carbonyl (C=O) groups is 3. The first kappa shape index (κ1) is 86.9. The molecule has 556 valence electrons. The van der Waals surface area contributed by atoms with Gasteiger partial charge in [-0.25, -0.2) is 0 Å². The summed E-state index contributed by atoms with van der Waals surface area (Å²) in [5.41, 5.74) is 7.22. The van der Waals surface area contributed by atoms with Gasteiger partial charge >= 0.3 is 0 Å². The number of benzene rings is 6. The van der Waals surface area contributed by atoms with Crippen molar-refractivity contribution < 1.29 is 83.7 Å². The Morgan fingerprint density at radius 1 is 0.620 bits per heavy atom. The summed E-state index contributed by atoms with van der Waals surface area (Å²) in [5.74, 6) is 2.83. The predicted octanol–water partition coefficient (Wildman–Crippen LogP) is 18.5. The minimum absolute atomic E-state index is 0. The number of methoxy groups -OCH3 is 3. The third kappa shape index (κ3) is 23.8. The van der Waals surface area contributed by atoms with E-state index in [2.05, 4.69) is 136 Å². The zero-order chi connectivity index (χ0) is 68.9. The monoisotopic (exact) mass is 1570 g/mol. The van der Waals surface area contributed by atoms with Gasteiger partial charge in [-0.15, -0.1) is 0 Å². The second-order valence-electron chi connectivity index (χ2n) is 29.3. The fourth-order valence-corrected chi connectivity index (χ4v) is 13.6. The number of rotatable bonds is 26. The number of para-hydroxylation sites is 1. The molecular weight excluding hydrogens is 1450 g/mol. The van der Waals surface area contributed by atoms with Crippen LogP contribution in [0.3, 0.4) is 0 Å². The average molecular weight is 1570 g/mol. The van der Waals surface area contributed by atoms with Crippen LogP contribution in [0.15, 0.2) is 152 Å². The van der Waals surface area contributed by atoms with Crippen molar-refractivity contribution in [1.82, 2.24) is 14.7 Å². The first-order chi connectivity index (χ1) is 46.1. The van der Waals surface area contributed by atoms with Gasteiger partial charge in [0, 0.05) is 143 Å². The minimum Gasteiger partial charge on any atom is -0.497 e. The fraction of sp³-hybridized carbons (Fsp3) is 0.512. The van der Waals surface area contributed by atoms with Crippen molar-refractivity contribution in [3.05, 3.63) is 200 Å². The third-order valence-electron chi connectivity index (χ3n) is 21.1. The first-order valence-electron chi connectivity index (χ1n) is 35.7. The van der Waals surface area contributed by atoms with Gasteiger partial charge in [-0.05, 0) is 185 Å². The van der Waals surface area contributed by atoms with Crippen LogP contribution in [0.25, 0.3) is 0 Å². The molecule has 4 saturated heterocycles. The van der Waals surface area contributed by atoms with Crippen molar-refractivity contribution in [2.45, 2.75) is 205 Å². The number of ketones is 1. The SMILES string of the molecule is CC(C)(C)[Si](C)(C)C.CC1CCCO1.COc1ccc(C(OC[C@@H]2C[C@@H](OC)CN2C(=O)CCCCCCC(=O)CCCOc2ccc(N(c3ccccc3)C3CCN(C4(C)CCN(C(=O)c5c(C)cccc5C)CC4)CC3)cc2)(c2ccccc2)c2ccc(OC)cc2)cc1.[CH3-].[CH3-].[Pd].[Pd]. The van der Waals surface area contributed by atoms with E-state index in [1.165, 1.54) is 18.5 Å². The average Bonchev–Trinajstić information content (AvgIpc) is 0.837. The fourth-order valence-electron chi connectivity index (χ4n) is 13.6. The second kappa shape index (κ2) is 41.7. The third-order valence-corrected chi connectivity index (χ3v) is 25.6. The van der Waals surface area contributed by atoms with Gasteiger partial charge < -0.3 is 58.0 Å². The van der Waals surface area contributed by atoms with E-state index < -0.39 is 13.7 Å². The first-order valence-corrected chi connectivity index (χ1v) is 39.2. The number of likely N-dealkylation sites (tertiary alicyclic amines) is 3. The molecule has 4 aliphatic rings. The molecule has 0 saturated carbocycles. The number of piperidine rings is 2. The molecule has 2 amide bonds. The van der Waals surface area contributed by atoms with Crippen LogP contribution in [0.2, 0.25) is 24.7 Å². The van der Waals surface area contributed by atoms with Crippen LogP contribution in [0.4, 0.5) is 11.4 Å². The van der Waals surface area contributed by atoms with Crippen molar-refractivity contribution in [3.8, 4) is 17.2 Å². The van der Waals surface area contributed by atoms with Crippen LogP contribution in [0.1, 0.15) is 169 Å². The van der Waals surface area contributed by atoms with E-state index in [4.69, 9.17) is 28.4 Å². The number of anilines is 2. The molecule has 4 fully saturated rings. The van der Waals surface area contributed by atoms with Crippen LogP contribution in [0, 0.1) is 28.7 Å². The molecule has 13 nitrogen and oxygen atoms in total. The van der Waals surface area contributed by atoms with Gasteiger partial charge in [0.25, 0.3) is 5.91 Å². The van der Waals surface area contributed by atoms with Gasteiger partial charge in [-0.1, -0.05) is 144 Å². The standard InChI is InChI=1S/C70H86N4O8.C7H18Si.C5H10O.2CH3.2Pd/c1-52-19-17-20-53(2)67(52)68(77)71-46-42-69(3,43-47-71)72-44-40-59(41-45-72)74(57-23-13-10-14-24-57)58-32-38-64(39-33-58)81-48-18-26-61(75)25-15-7-8-16-27-66(76)73-50-65(80-6)49-60(73)51-82-70(54-21-11-9-12-22-54,55-28-34-62(78-4)35-29-55)56-30-36-63(79-5)37-31-56;1-7(2,3)8(4,5)6;1-5-3-2-4-6-5;;;;/h9-14,17,19-24,28-39,59-60,65H,7-8,15-16,18,25-27,40-51H2,1-6H3;1-6H3;5H,2-4H2,1H3;2*1H3;;/q;;;2*-1;;/t60-,65+;;;;;;/m0....../s1.